The molecule has 0 aliphatic carbocycles. The van der Waals surface area contributed by atoms with E-state index in [1.807, 2.05) is 0 Å². The Morgan fingerprint density at radius 3 is 2.48 bits per heavy atom. The van der Waals surface area contributed by atoms with Crippen molar-refractivity contribution < 1.29 is 12.8 Å². The molecule has 1 saturated heterocycles. The van der Waals surface area contributed by atoms with Crippen LogP contribution >= 0.6 is 0 Å². The lowest BCUT2D eigenvalue weighted by Crippen LogP contribution is -2.42. The Morgan fingerprint density at radius 1 is 1.33 bits per heavy atom. The molecular formula is C15H23FN2O2S. The molecule has 6 heteroatoms. The molecule has 1 aromatic rings. The molecule has 1 heterocycles. The molecule has 1 aliphatic rings. The minimum Gasteiger partial charge on any atom is -0.326 e. The highest BCUT2D eigenvalue weighted by Crippen LogP contribution is 2.36. The lowest BCUT2D eigenvalue weighted by atomic mass is 9.79. The Balaban J connectivity index is 2.30. The third kappa shape index (κ3) is 3.12. The predicted octanol–water partition coefficient (Wildman–Crippen LogP) is 2.49. The van der Waals surface area contributed by atoms with Gasteiger partial charge in [0, 0.05) is 25.2 Å². The van der Waals surface area contributed by atoms with Gasteiger partial charge in [0.1, 0.15) is 5.82 Å². The van der Waals surface area contributed by atoms with Crippen LogP contribution in [0.25, 0.3) is 0 Å². The monoisotopic (exact) mass is 314 g/mol. The van der Waals surface area contributed by atoms with Gasteiger partial charge >= 0.3 is 0 Å². The number of nitrogens with zero attached hydrogens (tertiary/aromatic N) is 1. The van der Waals surface area contributed by atoms with Crippen molar-refractivity contribution in [3.63, 3.8) is 0 Å². The van der Waals surface area contributed by atoms with E-state index in [0.717, 1.165) is 19.3 Å². The van der Waals surface area contributed by atoms with Crippen molar-refractivity contribution in [1.29, 1.82) is 0 Å². The second kappa shape index (κ2) is 6.02. The van der Waals surface area contributed by atoms with E-state index in [1.165, 1.54) is 22.5 Å². The van der Waals surface area contributed by atoms with Crippen molar-refractivity contribution >= 4 is 10.0 Å². The molecule has 0 saturated carbocycles. The van der Waals surface area contributed by atoms with Gasteiger partial charge in [-0.3, -0.25) is 0 Å². The molecule has 0 radical (unpaired) electrons. The Kier molecular flexibility index (Phi) is 4.70. The maximum Gasteiger partial charge on any atom is 0.243 e. The number of hydrogen-bond donors (Lipinski definition) is 1. The first kappa shape index (κ1) is 16.4. The van der Waals surface area contributed by atoms with Gasteiger partial charge in [0.25, 0.3) is 0 Å². The first-order valence-corrected chi connectivity index (χ1v) is 8.76. The summed E-state index contributed by atoms with van der Waals surface area (Å²) in [4.78, 5) is 0.00472. The van der Waals surface area contributed by atoms with Crippen LogP contribution < -0.4 is 5.73 Å². The van der Waals surface area contributed by atoms with Crippen molar-refractivity contribution in [2.24, 2.45) is 11.1 Å². The van der Waals surface area contributed by atoms with Gasteiger partial charge in [0.15, 0.2) is 0 Å². The average Bonchev–Trinajstić information content (AvgIpc) is 2.47. The Labute approximate surface area is 126 Å². The van der Waals surface area contributed by atoms with E-state index in [-0.39, 0.29) is 22.4 Å². The van der Waals surface area contributed by atoms with Gasteiger partial charge in [0.05, 0.1) is 4.90 Å². The minimum absolute atomic E-state index is 0.00472. The number of benzene rings is 1. The van der Waals surface area contributed by atoms with Gasteiger partial charge in [-0.25, -0.2) is 12.8 Å². The van der Waals surface area contributed by atoms with Crippen molar-refractivity contribution in [2.45, 2.75) is 44.6 Å². The summed E-state index contributed by atoms with van der Waals surface area (Å²) in [5, 5.41) is 0. The van der Waals surface area contributed by atoms with Gasteiger partial charge in [-0.1, -0.05) is 26.3 Å². The quantitative estimate of drug-likeness (QED) is 0.928. The number of piperidine rings is 1. The van der Waals surface area contributed by atoms with Crippen molar-refractivity contribution in [3.8, 4) is 0 Å². The van der Waals surface area contributed by atoms with E-state index >= 15 is 0 Å². The van der Waals surface area contributed by atoms with Gasteiger partial charge in [-0.05, 0) is 30.4 Å². The normalized spacial score (nSPS) is 19.6. The Hall–Kier alpha value is -0.980. The molecule has 0 aromatic heterocycles. The Bertz CT molecular complexity index is 608. The summed E-state index contributed by atoms with van der Waals surface area (Å²) in [6.07, 6.45) is 2.70. The van der Waals surface area contributed by atoms with Gasteiger partial charge in [-0.15, -0.1) is 0 Å². The highest BCUT2D eigenvalue weighted by molar-refractivity contribution is 7.89. The van der Waals surface area contributed by atoms with Crippen LogP contribution in [0.2, 0.25) is 0 Å². The Morgan fingerprint density at radius 2 is 1.95 bits per heavy atom. The first-order valence-electron chi connectivity index (χ1n) is 7.32. The van der Waals surface area contributed by atoms with Crippen LogP contribution in [0.4, 0.5) is 4.39 Å². The van der Waals surface area contributed by atoms with Crippen LogP contribution in [-0.4, -0.2) is 25.8 Å². The largest absolute Gasteiger partial charge is 0.326 e. The molecule has 0 spiro atoms. The summed E-state index contributed by atoms with van der Waals surface area (Å²) in [7, 11) is -3.67. The molecule has 0 bridgehead atoms. The highest BCUT2D eigenvalue weighted by atomic mass is 32.2. The SMILES string of the molecule is CCC1(C)CCN(S(=O)(=O)c2cccc(F)c2CN)CC1. The van der Waals surface area contributed by atoms with Crippen LogP contribution in [0.1, 0.15) is 38.7 Å². The summed E-state index contributed by atoms with van der Waals surface area (Å²) in [6.45, 7) is 5.15. The predicted molar refractivity (Wildman–Crippen MR) is 80.7 cm³/mol. The molecule has 0 amide bonds. The minimum atomic E-state index is -3.67. The zero-order valence-corrected chi connectivity index (χ0v) is 13.4. The first-order chi connectivity index (χ1) is 9.84. The number of sulfonamides is 1. The van der Waals surface area contributed by atoms with E-state index in [9.17, 15) is 12.8 Å². The number of rotatable bonds is 4. The molecule has 4 nitrogen and oxygen atoms in total. The maximum absolute atomic E-state index is 13.8. The lowest BCUT2D eigenvalue weighted by molar-refractivity contribution is 0.169. The molecule has 0 atom stereocenters. The summed E-state index contributed by atoms with van der Waals surface area (Å²) < 4.78 is 40.7. The van der Waals surface area contributed by atoms with Crippen LogP contribution in [-0.2, 0) is 16.6 Å². The van der Waals surface area contributed by atoms with Gasteiger partial charge in [-0.2, -0.15) is 4.31 Å². The molecule has 118 valence electrons. The van der Waals surface area contributed by atoms with E-state index < -0.39 is 15.8 Å². The smallest absolute Gasteiger partial charge is 0.243 e. The second-order valence-electron chi connectivity index (χ2n) is 5.99. The van der Waals surface area contributed by atoms with Crippen LogP contribution in [0, 0.1) is 11.2 Å². The topological polar surface area (TPSA) is 63.4 Å². The highest BCUT2D eigenvalue weighted by Gasteiger charge is 2.35. The standard InChI is InChI=1S/C15H23FN2O2S/c1-3-15(2)7-9-18(10-8-15)21(19,20)14-6-4-5-13(16)12(14)11-17/h4-6H,3,7-11,17H2,1-2H3. The zero-order valence-electron chi connectivity index (χ0n) is 12.6. The second-order valence-corrected chi connectivity index (χ2v) is 7.90. The molecule has 1 aliphatic heterocycles. The summed E-state index contributed by atoms with van der Waals surface area (Å²) in [5.41, 5.74) is 5.79. The fraction of sp³-hybridized carbons (Fsp3) is 0.600. The fourth-order valence-corrected chi connectivity index (χ4v) is 4.42. The van der Waals surface area contributed by atoms with Crippen LogP contribution in [0.5, 0.6) is 0 Å². The number of nitrogens with two attached hydrogens (primary N) is 1. The van der Waals surface area contributed by atoms with Gasteiger partial charge in [0.2, 0.25) is 10.0 Å². The molecule has 0 unspecified atom stereocenters. The van der Waals surface area contributed by atoms with Crippen molar-refractivity contribution in [1.82, 2.24) is 4.31 Å². The third-order valence-corrected chi connectivity index (χ3v) is 6.66. The van der Waals surface area contributed by atoms with E-state index in [1.54, 1.807) is 0 Å². The summed E-state index contributed by atoms with van der Waals surface area (Å²) in [6, 6.07) is 4.10. The lowest BCUT2D eigenvalue weighted by Gasteiger charge is -2.38. The molecule has 2 N–H and O–H groups in total. The maximum atomic E-state index is 13.8. The number of hydrogen-bond acceptors (Lipinski definition) is 3. The van der Waals surface area contributed by atoms with Gasteiger partial charge < -0.3 is 5.73 Å². The fourth-order valence-electron chi connectivity index (χ4n) is 2.74. The third-order valence-electron chi connectivity index (χ3n) is 4.68. The van der Waals surface area contributed by atoms with Crippen LogP contribution in [0.15, 0.2) is 23.1 Å². The van der Waals surface area contributed by atoms with E-state index in [2.05, 4.69) is 13.8 Å². The van der Waals surface area contributed by atoms with E-state index in [4.69, 9.17) is 5.73 Å². The number of halogens is 1. The molecule has 2 rings (SSSR count). The van der Waals surface area contributed by atoms with Crippen molar-refractivity contribution in [2.75, 3.05) is 13.1 Å². The summed E-state index contributed by atoms with van der Waals surface area (Å²) in [5.74, 6) is -0.561. The zero-order chi connectivity index (χ0) is 15.7. The van der Waals surface area contributed by atoms with E-state index in [0.29, 0.717) is 13.1 Å². The molecular weight excluding hydrogens is 291 g/mol. The summed E-state index contributed by atoms with van der Waals surface area (Å²) >= 11 is 0. The average molecular weight is 314 g/mol. The molecule has 21 heavy (non-hydrogen) atoms. The molecule has 1 fully saturated rings. The molecule has 1 aromatic carbocycles. The van der Waals surface area contributed by atoms with Crippen LogP contribution in [0.3, 0.4) is 0 Å². The van der Waals surface area contributed by atoms with Crippen molar-refractivity contribution in [3.05, 3.63) is 29.6 Å².